The third kappa shape index (κ3) is 10.1. The molecule has 16 atom stereocenters. The molecule has 3 aliphatic rings. The topological polar surface area (TPSA) is 334 Å². The number of benzene rings is 2. The lowest BCUT2D eigenvalue weighted by molar-refractivity contribution is -0.387. The summed E-state index contributed by atoms with van der Waals surface area (Å²) in [5, 5.41) is 124. The van der Waals surface area contributed by atoms with Gasteiger partial charge in [0.05, 0.1) is 25.9 Å². The summed E-state index contributed by atoms with van der Waals surface area (Å²) in [6.07, 6.45) is -24.6. The fourth-order valence-electron chi connectivity index (χ4n) is 6.43. The molecule has 2 aromatic rings. The molecule has 0 unspecified atom stereocenters. The van der Waals surface area contributed by atoms with Crippen molar-refractivity contribution >= 4 is 12.0 Å². The van der Waals surface area contributed by atoms with E-state index in [2.05, 4.69) is 0 Å². The fraction of sp³-hybridized carbons (Fsp3) is 0.583. The number of methoxy groups -OCH3 is 1. The second kappa shape index (κ2) is 19.3. The lowest BCUT2D eigenvalue weighted by Gasteiger charge is -2.48. The molecule has 5 rings (SSSR count). The minimum atomic E-state index is -1.96. The molecule has 12 N–H and O–H groups in total. The Balaban J connectivity index is 1.44. The molecule has 0 bridgehead atoms. The Bertz CT molecular complexity index is 1660. The molecule has 2 aromatic carbocycles. The van der Waals surface area contributed by atoms with Crippen molar-refractivity contribution in [2.45, 2.75) is 105 Å². The van der Waals surface area contributed by atoms with Gasteiger partial charge in [0, 0.05) is 13.2 Å². The summed E-state index contributed by atoms with van der Waals surface area (Å²) in [4.78, 5) is 13.2. The van der Waals surface area contributed by atoms with E-state index in [0.29, 0.717) is 5.56 Å². The average molecular weight is 817 g/mol. The van der Waals surface area contributed by atoms with Crippen LogP contribution in [0.15, 0.2) is 42.5 Å². The quantitative estimate of drug-likeness (QED) is 0.0512. The summed E-state index contributed by atoms with van der Waals surface area (Å²) in [7, 11) is 1.32. The Morgan fingerprint density at radius 2 is 1.32 bits per heavy atom. The van der Waals surface area contributed by atoms with Crippen LogP contribution < -0.4 is 0 Å². The summed E-state index contributed by atoms with van der Waals surface area (Å²) in [5.41, 5.74) is 0.609. The first kappa shape index (κ1) is 44.4. The second-order valence-electron chi connectivity index (χ2n) is 13.6. The van der Waals surface area contributed by atoms with Crippen molar-refractivity contribution < 1.29 is 104 Å². The number of phenolic OH excluding ortho intramolecular Hbond substituents is 4. The highest BCUT2D eigenvalue weighted by molar-refractivity contribution is 5.87. The summed E-state index contributed by atoms with van der Waals surface area (Å²) in [5.74, 6) is -2.80. The van der Waals surface area contributed by atoms with Crippen LogP contribution in [0.25, 0.3) is 6.08 Å². The minimum absolute atomic E-state index is 0.266. The van der Waals surface area contributed by atoms with Gasteiger partial charge in [-0.2, -0.15) is 0 Å². The van der Waals surface area contributed by atoms with Gasteiger partial charge in [0.2, 0.25) is 0 Å². The number of aromatic hydroxyl groups is 4. The van der Waals surface area contributed by atoms with Crippen molar-refractivity contribution in [2.24, 2.45) is 0 Å². The maximum atomic E-state index is 13.2. The fourth-order valence-corrected chi connectivity index (χ4v) is 6.43. The Hall–Kier alpha value is -3.75. The van der Waals surface area contributed by atoms with Crippen molar-refractivity contribution in [1.29, 1.82) is 0 Å². The number of aliphatic hydroxyl groups is 8. The molecule has 57 heavy (non-hydrogen) atoms. The molecule has 0 aliphatic carbocycles. The van der Waals surface area contributed by atoms with Gasteiger partial charge >= 0.3 is 5.97 Å². The highest BCUT2D eigenvalue weighted by Crippen LogP contribution is 2.35. The van der Waals surface area contributed by atoms with Crippen LogP contribution in [0.1, 0.15) is 24.2 Å². The van der Waals surface area contributed by atoms with Crippen LogP contribution in [-0.4, -0.2) is 186 Å². The normalized spacial score (nSPS) is 36.6. The smallest absolute Gasteiger partial charge is 0.331 e. The highest BCUT2D eigenvalue weighted by atomic mass is 16.8. The van der Waals surface area contributed by atoms with E-state index in [-0.39, 0.29) is 12.2 Å². The summed E-state index contributed by atoms with van der Waals surface area (Å²) >= 11 is 0. The van der Waals surface area contributed by atoms with Crippen molar-refractivity contribution in [3.8, 4) is 23.0 Å². The number of rotatable bonds is 14. The molecule has 0 aromatic heterocycles. The van der Waals surface area contributed by atoms with E-state index >= 15 is 0 Å². The minimum Gasteiger partial charge on any atom is -0.504 e. The van der Waals surface area contributed by atoms with Crippen LogP contribution in [0.5, 0.6) is 23.0 Å². The van der Waals surface area contributed by atoms with Crippen LogP contribution in [-0.2, 0) is 42.7 Å². The molecule has 0 saturated carbocycles. The monoisotopic (exact) mass is 816 g/mol. The second-order valence-corrected chi connectivity index (χ2v) is 13.6. The summed E-state index contributed by atoms with van der Waals surface area (Å²) in [6, 6.07) is 7.57. The molecule has 3 saturated heterocycles. The molecule has 3 heterocycles. The lowest BCUT2D eigenvalue weighted by Crippen LogP contribution is -2.66. The van der Waals surface area contributed by atoms with Gasteiger partial charge in [0.25, 0.3) is 0 Å². The average Bonchev–Trinajstić information content (AvgIpc) is 3.19. The SMILES string of the molecule is CO[C@H](CO[C@@H]1O[C@H](CO)[C@@H](OC(=O)C=Cc2ccc(O)c(O)c2)[C@H](O[C@@H]2O[C@@H](C)[C@H](O)[C@@H](O)[C@H]2O[C@@H]2O[C@H](CO)[C@H](O)[C@H](O)[C@H]2O)[C@H]1O)c1ccc(O)c(O)c1. The predicted octanol–water partition coefficient (Wildman–Crippen LogP) is -3.05. The molecule has 3 fully saturated rings. The summed E-state index contributed by atoms with van der Waals surface area (Å²) in [6.45, 7) is -0.704. The van der Waals surface area contributed by atoms with Gasteiger partial charge in [-0.05, 0) is 48.4 Å². The van der Waals surface area contributed by atoms with Gasteiger partial charge < -0.3 is 99.2 Å². The molecule has 21 heteroatoms. The van der Waals surface area contributed by atoms with Crippen LogP contribution in [0, 0.1) is 0 Å². The van der Waals surface area contributed by atoms with E-state index in [4.69, 9.17) is 37.9 Å². The first-order valence-electron chi connectivity index (χ1n) is 17.7. The van der Waals surface area contributed by atoms with Crippen molar-refractivity contribution in [3.05, 3.63) is 53.6 Å². The number of ether oxygens (including phenoxy) is 8. The van der Waals surface area contributed by atoms with Crippen molar-refractivity contribution in [3.63, 3.8) is 0 Å². The molecule has 3 aliphatic heterocycles. The molecule has 21 nitrogen and oxygen atoms in total. The van der Waals surface area contributed by atoms with Crippen molar-refractivity contribution in [2.75, 3.05) is 26.9 Å². The number of phenols is 4. The largest absolute Gasteiger partial charge is 0.504 e. The first-order chi connectivity index (χ1) is 27.1. The number of hydrogen-bond acceptors (Lipinski definition) is 21. The maximum Gasteiger partial charge on any atom is 0.331 e. The van der Waals surface area contributed by atoms with Gasteiger partial charge in [-0.1, -0.05) is 12.1 Å². The lowest BCUT2D eigenvalue weighted by atomic mass is 9.96. The van der Waals surface area contributed by atoms with E-state index < -0.39 is 140 Å². The number of hydrogen-bond donors (Lipinski definition) is 12. The van der Waals surface area contributed by atoms with E-state index in [1.54, 1.807) is 0 Å². The maximum absolute atomic E-state index is 13.2. The predicted molar refractivity (Wildman–Crippen MR) is 186 cm³/mol. The molecule has 318 valence electrons. The standard InChI is InChI=1S/C36H48O21/c1-14-25(44)28(47)33(57-35-29(48)27(46)26(45)21(11-37)53-35)36(52-14)56-32-30(49)34(51-13-23(50-2)16-5-7-18(40)20(42)10-16)54-22(12-38)31(32)55-24(43)8-4-15-3-6-17(39)19(41)9-15/h3-10,14,21-23,25-42,44-49H,11-13H2,1-2H3/t14-,21+,22+,23+,25-,26-,27-,28+,29+,30+,31+,32+,33+,34+,35-,36-/m0/s1. The van der Waals surface area contributed by atoms with Gasteiger partial charge in [0.1, 0.15) is 67.1 Å². The third-order valence-electron chi connectivity index (χ3n) is 9.74. The third-order valence-corrected chi connectivity index (χ3v) is 9.74. The molecule has 0 radical (unpaired) electrons. The number of carbonyl (C=O) groups excluding carboxylic acids is 1. The zero-order chi connectivity index (χ0) is 41.7. The zero-order valence-corrected chi connectivity index (χ0v) is 30.5. The van der Waals surface area contributed by atoms with Gasteiger partial charge in [-0.25, -0.2) is 4.79 Å². The Morgan fingerprint density at radius 1 is 0.684 bits per heavy atom. The first-order valence-corrected chi connectivity index (χ1v) is 17.7. The Kier molecular flexibility index (Phi) is 15.0. The molecule has 0 spiro atoms. The van der Waals surface area contributed by atoms with Crippen LogP contribution in [0.4, 0.5) is 0 Å². The van der Waals surface area contributed by atoms with Gasteiger partial charge in [-0.15, -0.1) is 0 Å². The van der Waals surface area contributed by atoms with E-state index in [9.17, 15) is 66.1 Å². The van der Waals surface area contributed by atoms with E-state index in [0.717, 1.165) is 12.1 Å². The van der Waals surface area contributed by atoms with E-state index in [1.165, 1.54) is 50.4 Å². The van der Waals surface area contributed by atoms with Crippen molar-refractivity contribution in [1.82, 2.24) is 0 Å². The Morgan fingerprint density at radius 3 is 1.95 bits per heavy atom. The van der Waals surface area contributed by atoms with E-state index in [1.807, 2.05) is 0 Å². The van der Waals surface area contributed by atoms with Crippen LogP contribution in [0.3, 0.4) is 0 Å². The molecule has 0 amide bonds. The van der Waals surface area contributed by atoms with Gasteiger partial charge in [0.15, 0.2) is 48.0 Å². The van der Waals surface area contributed by atoms with Crippen LogP contribution >= 0.6 is 0 Å². The molecular formula is C36H48O21. The van der Waals surface area contributed by atoms with Crippen LogP contribution in [0.2, 0.25) is 0 Å². The van der Waals surface area contributed by atoms with Gasteiger partial charge in [-0.3, -0.25) is 0 Å². The number of carbonyl (C=O) groups is 1. The number of aliphatic hydroxyl groups excluding tert-OH is 8. The summed E-state index contributed by atoms with van der Waals surface area (Å²) < 4.78 is 45.9. The Labute approximate surface area is 324 Å². The molecular weight excluding hydrogens is 768 g/mol. The number of esters is 1. The zero-order valence-electron chi connectivity index (χ0n) is 30.5. The highest BCUT2D eigenvalue weighted by Gasteiger charge is 2.54.